The predicted octanol–water partition coefficient (Wildman–Crippen LogP) is 2.53. The third-order valence-corrected chi connectivity index (χ3v) is 4.38. The van der Waals surface area contributed by atoms with E-state index in [0.717, 1.165) is 24.9 Å². The molecule has 2 atom stereocenters. The van der Waals surface area contributed by atoms with Gasteiger partial charge in [-0.1, -0.05) is 5.16 Å². The summed E-state index contributed by atoms with van der Waals surface area (Å²) >= 11 is 1.62. The lowest BCUT2D eigenvalue weighted by atomic mass is 10.1. The van der Waals surface area contributed by atoms with Crippen molar-refractivity contribution < 1.29 is 9.63 Å². The lowest BCUT2D eigenvalue weighted by Crippen LogP contribution is -2.31. The van der Waals surface area contributed by atoms with Gasteiger partial charge in [-0.05, 0) is 44.2 Å². The molecule has 1 aliphatic heterocycles. The molecule has 2 unspecified atom stereocenters. The summed E-state index contributed by atoms with van der Waals surface area (Å²) in [5, 5.41) is 17.6. The molecule has 2 aromatic heterocycles. The molecule has 0 radical (unpaired) electrons. The summed E-state index contributed by atoms with van der Waals surface area (Å²) in [4.78, 5) is 6.79. The SMILES string of the molecule is CC(O)CC1CCCN1Cc1nc(-c2ccsc2)no1. The molecular formula is C14H19N3O2S. The smallest absolute Gasteiger partial charge is 0.241 e. The van der Waals surface area contributed by atoms with Crippen LogP contribution in [0.5, 0.6) is 0 Å². The van der Waals surface area contributed by atoms with Crippen molar-refractivity contribution in [2.75, 3.05) is 6.54 Å². The number of hydrogen-bond acceptors (Lipinski definition) is 6. The summed E-state index contributed by atoms with van der Waals surface area (Å²) in [6.07, 6.45) is 2.86. The molecule has 20 heavy (non-hydrogen) atoms. The Bertz CT molecular complexity index is 538. The molecule has 108 valence electrons. The summed E-state index contributed by atoms with van der Waals surface area (Å²) in [7, 11) is 0. The highest BCUT2D eigenvalue weighted by Crippen LogP contribution is 2.24. The molecule has 1 fully saturated rings. The minimum atomic E-state index is -0.260. The fourth-order valence-electron chi connectivity index (χ4n) is 2.77. The molecule has 0 aromatic carbocycles. The van der Waals surface area contributed by atoms with Gasteiger partial charge in [-0.25, -0.2) is 0 Å². The van der Waals surface area contributed by atoms with Crippen molar-refractivity contribution in [1.29, 1.82) is 0 Å². The first-order valence-corrected chi connectivity index (χ1v) is 7.94. The number of aliphatic hydroxyl groups is 1. The minimum absolute atomic E-state index is 0.260. The van der Waals surface area contributed by atoms with E-state index >= 15 is 0 Å². The third-order valence-electron chi connectivity index (χ3n) is 3.70. The normalized spacial score (nSPS) is 21.4. The van der Waals surface area contributed by atoms with E-state index in [0.29, 0.717) is 24.3 Å². The van der Waals surface area contributed by atoms with Crippen molar-refractivity contribution >= 4 is 11.3 Å². The standard InChI is InChI=1S/C14H19N3O2S/c1-10(18)7-12-3-2-5-17(12)8-13-15-14(16-19-13)11-4-6-20-9-11/h4,6,9-10,12,18H,2-3,5,7-8H2,1H3. The van der Waals surface area contributed by atoms with Crippen LogP contribution >= 0.6 is 11.3 Å². The molecule has 3 rings (SSSR count). The van der Waals surface area contributed by atoms with Gasteiger partial charge in [0.15, 0.2) is 0 Å². The number of nitrogens with zero attached hydrogens (tertiary/aromatic N) is 3. The van der Waals surface area contributed by atoms with Crippen LogP contribution in [0.1, 0.15) is 32.1 Å². The predicted molar refractivity (Wildman–Crippen MR) is 77.3 cm³/mol. The second-order valence-electron chi connectivity index (χ2n) is 5.37. The second-order valence-corrected chi connectivity index (χ2v) is 6.16. The highest BCUT2D eigenvalue weighted by molar-refractivity contribution is 7.08. The van der Waals surface area contributed by atoms with E-state index in [1.54, 1.807) is 11.3 Å². The van der Waals surface area contributed by atoms with Crippen molar-refractivity contribution in [3.63, 3.8) is 0 Å². The average molecular weight is 293 g/mol. The topological polar surface area (TPSA) is 62.4 Å². The molecule has 1 saturated heterocycles. The first-order chi connectivity index (χ1) is 9.72. The van der Waals surface area contributed by atoms with Crippen molar-refractivity contribution in [1.82, 2.24) is 15.0 Å². The molecule has 6 heteroatoms. The van der Waals surface area contributed by atoms with Gasteiger partial charge in [0.2, 0.25) is 11.7 Å². The Kier molecular flexibility index (Phi) is 4.14. The Morgan fingerprint density at radius 2 is 2.50 bits per heavy atom. The maximum atomic E-state index is 9.55. The summed E-state index contributed by atoms with van der Waals surface area (Å²) in [6, 6.07) is 2.41. The molecule has 0 bridgehead atoms. The van der Waals surface area contributed by atoms with E-state index in [2.05, 4.69) is 15.0 Å². The first-order valence-electron chi connectivity index (χ1n) is 6.99. The number of aliphatic hydroxyl groups excluding tert-OH is 1. The first kappa shape index (κ1) is 13.7. The summed E-state index contributed by atoms with van der Waals surface area (Å²) in [5.74, 6) is 1.32. The van der Waals surface area contributed by atoms with Crippen LogP contribution in [0, 0.1) is 0 Å². The van der Waals surface area contributed by atoms with Crippen LogP contribution < -0.4 is 0 Å². The van der Waals surface area contributed by atoms with Gasteiger partial charge in [-0.2, -0.15) is 16.3 Å². The number of thiophene rings is 1. The molecule has 0 aliphatic carbocycles. The van der Waals surface area contributed by atoms with Crippen LogP contribution in [0.15, 0.2) is 21.3 Å². The number of rotatable bonds is 5. The molecule has 0 spiro atoms. The van der Waals surface area contributed by atoms with E-state index < -0.39 is 0 Å². The molecular weight excluding hydrogens is 274 g/mol. The van der Waals surface area contributed by atoms with Crippen molar-refractivity contribution in [3.05, 3.63) is 22.7 Å². The van der Waals surface area contributed by atoms with E-state index in [1.165, 1.54) is 6.42 Å². The largest absolute Gasteiger partial charge is 0.393 e. The summed E-state index contributed by atoms with van der Waals surface area (Å²) in [5.41, 5.74) is 1.01. The average Bonchev–Trinajstić information content (AvgIpc) is 3.11. The fourth-order valence-corrected chi connectivity index (χ4v) is 3.40. The number of likely N-dealkylation sites (tertiary alicyclic amines) is 1. The second kappa shape index (κ2) is 6.03. The minimum Gasteiger partial charge on any atom is -0.393 e. The zero-order valence-corrected chi connectivity index (χ0v) is 12.3. The molecule has 1 aliphatic rings. The van der Waals surface area contributed by atoms with Crippen molar-refractivity contribution in [2.24, 2.45) is 0 Å². The van der Waals surface area contributed by atoms with Gasteiger partial charge < -0.3 is 9.63 Å². The van der Waals surface area contributed by atoms with Crippen molar-refractivity contribution in [2.45, 2.75) is 44.9 Å². The monoisotopic (exact) mass is 293 g/mol. The Labute approximate surface area is 122 Å². The zero-order chi connectivity index (χ0) is 13.9. The van der Waals surface area contributed by atoms with E-state index in [1.807, 2.05) is 23.8 Å². The van der Waals surface area contributed by atoms with E-state index in [4.69, 9.17) is 4.52 Å². The van der Waals surface area contributed by atoms with Crippen LogP contribution in [-0.2, 0) is 6.54 Å². The zero-order valence-electron chi connectivity index (χ0n) is 11.5. The van der Waals surface area contributed by atoms with Gasteiger partial charge in [0, 0.05) is 17.0 Å². The maximum Gasteiger partial charge on any atom is 0.241 e. The number of aromatic nitrogens is 2. The Hall–Kier alpha value is -1.24. The van der Waals surface area contributed by atoms with Crippen molar-refractivity contribution in [3.8, 4) is 11.4 Å². The van der Waals surface area contributed by atoms with Crippen LogP contribution in [0.25, 0.3) is 11.4 Å². The molecule has 1 N–H and O–H groups in total. The van der Waals surface area contributed by atoms with Gasteiger partial charge in [-0.15, -0.1) is 0 Å². The third kappa shape index (κ3) is 3.08. The Balaban J connectivity index is 1.65. The van der Waals surface area contributed by atoms with Gasteiger partial charge in [0.1, 0.15) is 0 Å². The Morgan fingerprint density at radius 1 is 1.60 bits per heavy atom. The Morgan fingerprint density at radius 3 is 3.25 bits per heavy atom. The summed E-state index contributed by atoms with van der Waals surface area (Å²) < 4.78 is 5.34. The van der Waals surface area contributed by atoms with Crippen LogP contribution in [-0.4, -0.2) is 38.8 Å². The number of hydrogen-bond donors (Lipinski definition) is 1. The highest BCUT2D eigenvalue weighted by Gasteiger charge is 2.27. The summed E-state index contributed by atoms with van der Waals surface area (Å²) in [6.45, 7) is 3.56. The quantitative estimate of drug-likeness (QED) is 0.918. The molecule has 5 nitrogen and oxygen atoms in total. The molecule has 3 heterocycles. The fraction of sp³-hybridized carbons (Fsp3) is 0.571. The van der Waals surface area contributed by atoms with Crippen LogP contribution in [0.3, 0.4) is 0 Å². The highest BCUT2D eigenvalue weighted by atomic mass is 32.1. The van der Waals surface area contributed by atoms with E-state index in [9.17, 15) is 5.11 Å². The van der Waals surface area contributed by atoms with E-state index in [-0.39, 0.29) is 6.10 Å². The van der Waals surface area contributed by atoms with Gasteiger partial charge in [0.05, 0.1) is 12.6 Å². The van der Waals surface area contributed by atoms with Crippen LogP contribution in [0.2, 0.25) is 0 Å². The molecule has 0 saturated carbocycles. The van der Waals surface area contributed by atoms with Gasteiger partial charge in [0.25, 0.3) is 0 Å². The molecule has 2 aromatic rings. The lowest BCUT2D eigenvalue weighted by Gasteiger charge is -2.23. The van der Waals surface area contributed by atoms with Crippen LogP contribution in [0.4, 0.5) is 0 Å². The lowest BCUT2D eigenvalue weighted by molar-refractivity contribution is 0.124. The maximum absolute atomic E-state index is 9.55. The molecule has 0 amide bonds. The van der Waals surface area contributed by atoms with Gasteiger partial charge >= 0.3 is 0 Å². The van der Waals surface area contributed by atoms with Gasteiger partial charge in [-0.3, -0.25) is 4.90 Å².